The van der Waals surface area contributed by atoms with Crippen molar-refractivity contribution in [2.24, 2.45) is 0 Å². The molecule has 3 rings (SSSR count). The summed E-state index contributed by atoms with van der Waals surface area (Å²) in [5.74, 6) is -0.871. The van der Waals surface area contributed by atoms with Crippen LogP contribution in [-0.4, -0.2) is 23.6 Å². The van der Waals surface area contributed by atoms with Crippen LogP contribution in [0.15, 0.2) is 65.1 Å². The Morgan fingerprint density at radius 2 is 1.89 bits per heavy atom. The first kappa shape index (κ1) is 18.6. The highest BCUT2D eigenvalue weighted by molar-refractivity contribution is 7.95. The van der Waals surface area contributed by atoms with Crippen LogP contribution in [-0.2, 0) is 16.6 Å². The molecule has 140 valence electrons. The fourth-order valence-electron chi connectivity index (χ4n) is 2.24. The first-order valence-corrected chi connectivity index (χ1v) is 9.18. The number of alkyl halides is 2. The molecule has 1 aromatic carbocycles. The maximum Gasteiger partial charge on any atom is 0.314 e. The fraction of sp³-hybridized carbons (Fsp3) is 0.118. The van der Waals surface area contributed by atoms with E-state index in [1.54, 1.807) is 36.4 Å². The van der Waals surface area contributed by atoms with Crippen LogP contribution in [0, 0.1) is 0 Å². The molecule has 2 aromatic heterocycles. The second kappa shape index (κ2) is 7.62. The topological polar surface area (TPSA) is 89.2 Å². The molecule has 0 aliphatic carbocycles. The lowest BCUT2D eigenvalue weighted by atomic mass is 10.2. The predicted molar refractivity (Wildman–Crippen MR) is 94.2 cm³/mol. The maximum atomic E-state index is 12.5. The van der Waals surface area contributed by atoms with E-state index >= 15 is 0 Å². The van der Waals surface area contributed by atoms with Gasteiger partial charge in [0.1, 0.15) is 0 Å². The fourth-order valence-corrected chi connectivity index (χ4v) is 3.15. The third kappa shape index (κ3) is 4.17. The van der Waals surface area contributed by atoms with E-state index in [9.17, 15) is 17.2 Å². The van der Waals surface area contributed by atoms with Gasteiger partial charge in [0.05, 0.1) is 23.5 Å². The second-order valence-corrected chi connectivity index (χ2v) is 7.14. The van der Waals surface area contributed by atoms with Gasteiger partial charge in [0.25, 0.3) is 15.9 Å². The molecule has 0 saturated carbocycles. The summed E-state index contributed by atoms with van der Waals surface area (Å²) in [7, 11) is -3.75. The van der Waals surface area contributed by atoms with Crippen LogP contribution in [0.1, 0.15) is 18.0 Å². The Kier molecular flexibility index (Phi) is 5.26. The normalized spacial score (nSPS) is 11.5. The largest absolute Gasteiger partial charge is 0.415 e. The number of pyridine rings is 1. The summed E-state index contributed by atoms with van der Waals surface area (Å²) in [4.78, 5) is 4.17. The summed E-state index contributed by atoms with van der Waals surface area (Å²) < 4.78 is 55.7. The number of hydrogen-bond acceptors (Lipinski definition) is 6. The third-order valence-electron chi connectivity index (χ3n) is 3.57. The molecule has 0 N–H and O–H groups in total. The Hall–Kier alpha value is -3.14. The Morgan fingerprint density at radius 1 is 1.15 bits per heavy atom. The molecule has 27 heavy (non-hydrogen) atoms. The predicted octanol–water partition coefficient (Wildman–Crippen LogP) is 3.55. The first-order chi connectivity index (χ1) is 12.9. The lowest BCUT2D eigenvalue weighted by Crippen LogP contribution is -2.28. The van der Waals surface area contributed by atoms with Crippen LogP contribution in [0.4, 0.5) is 14.5 Å². The van der Waals surface area contributed by atoms with E-state index in [0.717, 1.165) is 9.71 Å². The van der Waals surface area contributed by atoms with Crippen molar-refractivity contribution in [2.45, 2.75) is 13.0 Å². The Morgan fingerprint density at radius 3 is 2.44 bits per heavy atom. The van der Waals surface area contributed by atoms with Gasteiger partial charge in [0.2, 0.25) is 5.89 Å². The highest BCUT2D eigenvalue weighted by atomic mass is 32.2. The molecule has 0 unspecified atom stereocenters. The Bertz CT molecular complexity index is 1020. The van der Waals surface area contributed by atoms with E-state index in [1.807, 2.05) is 0 Å². The van der Waals surface area contributed by atoms with Gasteiger partial charge < -0.3 is 4.42 Å². The van der Waals surface area contributed by atoms with E-state index in [-0.39, 0.29) is 12.4 Å². The number of benzene rings is 1. The number of hydrogen-bond donors (Lipinski definition) is 0. The molecular formula is C17H14F2N4O3S. The highest BCUT2D eigenvalue weighted by Crippen LogP contribution is 2.24. The number of rotatable bonds is 7. The molecule has 10 heteroatoms. The van der Waals surface area contributed by atoms with E-state index in [1.165, 1.54) is 12.3 Å². The van der Waals surface area contributed by atoms with Crippen molar-refractivity contribution in [3.05, 3.63) is 72.2 Å². The summed E-state index contributed by atoms with van der Waals surface area (Å²) >= 11 is 0. The standard InChI is InChI=1S/C17H14F2N4O3S/c1-2-27(24,25)23(14-6-4-3-5-7-14)11-13-9-8-12(10-20-13)16-21-22-17(26-16)15(18)19/h2-10,15H,1,11H2. The van der Waals surface area contributed by atoms with Gasteiger partial charge in [0.15, 0.2) is 0 Å². The average molecular weight is 392 g/mol. The Balaban J connectivity index is 1.86. The van der Waals surface area contributed by atoms with Gasteiger partial charge in [-0.1, -0.05) is 24.8 Å². The molecular weight excluding hydrogens is 378 g/mol. The molecule has 0 aliphatic rings. The highest BCUT2D eigenvalue weighted by Gasteiger charge is 2.21. The third-order valence-corrected chi connectivity index (χ3v) is 4.94. The quantitative estimate of drug-likeness (QED) is 0.611. The van der Waals surface area contributed by atoms with Crippen molar-refractivity contribution in [3.63, 3.8) is 0 Å². The number of halogens is 2. The molecule has 7 nitrogen and oxygen atoms in total. The molecule has 0 atom stereocenters. The van der Waals surface area contributed by atoms with Crippen molar-refractivity contribution in [2.75, 3.05) is 4.31 Å². The van der Waals surface area contributed by atoms with E-state index in [2.05, 4.69) is 21.8 Å². The first-order valence-electron chi connectivity index (χ1n) is 7.68. The number of para-hydroxylation sites is 1. The minimum absolute atomic E-state index is 0.0369. The van der Waals surface area contributed by atoms with Gasteiger partial charge in [-0.2, -0.15) is 8.78 Å². The zero-order valence-electron chi connectivity index (χ0n) is 13.9. The number of sulfonamides is 1. The minimum atomic E-state index is -3.75. The van der Waals surface area contributed by atoms with E-state index in [4.69, 9.17) is 4.42 Å². The average Bonchev–Trinajstić information content (AvgIpc) is 3.18. The van der Waals surface area contributed by atoms with Gasteiger partial charge >= 0.3 is 6.43 Å². The summed E-state index contributed by atoms with van der Waals surface area (Å²) in [6.07, 6.45) is -1.51. The maximum absolute atomic E-state index is 12.5. The van der Waals surface area contributed by atoms with Crippen molar-refractivity contribution >= 4 is 15.7 Å². The van der Waals surface area contributed by atoms with Gasteiger partial charge in [-0.05, 0) is 24.3 Å². The summed E-state index contributed by atoms with van der Waals surface area (Å²) in [6.45, 7) is 3.31. The zero-order valence-corrected chi connectivity index (χ0v) is 14.7. The Labute approximate surface area is 154 Å². The summed E-state index contributed by atoms with van der Waals surface area (Å²) in [6, 6.07) is 11.6. The molecule has 0 amide bonds. The minimum Gasteiger partial charge on any atom is -0.415 e. The van der Waals surface area contributed by atoms with Crippen LogP contribution in [0.5, 0.6) is 0 Å². The van der Waals surface area contributed by atoms with Crippen molar-refractivity contribution < 1.29 is 21.6 Å². The lowest BCUT2D eigenvalue weighted by molar-refractivity contribution is 0.116. The monoisotopic (exact) mass is 392 g/mol. The molecule has 0 spiro atoms. The van der Waals surface area contributed by atoms with Gasteiger partial charge in [-0.25, -0.2) is 8.42 Å². The summed E-state index contributed by atoms with van der Waals surface area (Å²) in [5.41, 5.74) is 1.24. The van der Waals surface area contributed by atoms with Crippen LogP contribution in [0.2, 0.25) is 0 Å². The van der Waals surface area contributed by atoms with Crippen LogP contribution < -0.4 is 4.31 Å². The SMILES string of the molecule is C=CS(=O)(=O)N(Cc1ccc(-c2nnc(C(F)F)o2)cn1)c1ccccc1. The van der Waals surface area contributed by atoms with Crippen LogP contribution >= 0.6 is 0 Å². The second-order valence-electron chi connectivity index (χ2n) is 5.34. The zero-order chi connectivity index (χ0) is 19.4. The van der Waals surface area contributed by atoms with Crippen LogP contribution in [0.3, 0.4) is 0 Å². The van der Waals surface area contributed by atoms with Gasteiger partial charge in [-0.3, -0.25) is 9.29 Å². The molecule has 0 saturated heterocycles. The lowest BCUT2D eigenvalue weighted by Gasteiger charge is -2.22. The van der Waals surface area contributed by atoms with Crippen LogP contribution in [0.25, 0.3) is 11.5 Å². The summed E-state index contributed by atoms with van der Waals surface area (Å²) in [5, 5.41) is 7.65. The molecule has 2 heterocycles. The number of nitrogens with zero attached hydrogens (tertiary/aromatic N) is 4. The van der Waals surface area contributed by atoms with Gasteiger partial charge in [-0.15, -0.1) is 10.2 Å². The molecule has 3 aromatic rings. The van der Waals surface area contributed by atoms with Crippen molar-refractivity contribution in [3.8, 4) is 11.5 Å². The number of anilines is 1. The number of aromatic nitrogens is 3. The molecule has 0 aliphatic heterocycles. The van der Waals surface area contributed by atoms with Gasteiger partial charge in [0, 0.05) is 11.6 Å². The van der Waals surface area contributed by atoms with E-state index in [0.29, 0.717) is 16.9 Å². The molecule has 0 fully saturated rings. The smallest absolute Gasteiger partial charge is 0.314 e. The van der Waals surface area contributed by atoms with Crippen molar-refractivity contribution in [1.29, 1.82) is 0 Å². The molecule has 0 radical (unpaired) electrons. The van der Waals surface area contributed by atoms with Crippen molar-refractivity contribution in [1.82, 2.24) is 15.2 Å². The molecule has 0 bridgehead atoms. The van der Waals surface area contributed by atoms with E-state index < -0.39 is 22.3 Å².